The van der Waals surface area contributed by atoms with Crippen LogP contribution in [0.5, 0.6) is 5.75 Å². The van der Waals surface area contributed by atoms with Gasteiger partial charge in [-0.1, -0.05) is 29.8 Å². The predicted molar refractivity (Wildman–Crippen MR) is 112 cm³/mol. The summed E-state index contributed by atoms with van der Waals surface area (Å²) in [6, 6.07) is 12.9. The van der Waals surface area contributed by atoms with Crippen molar-refractivity contribution < 1.29 is 24.2 Å². The number of halogens is 1. The van der Waals surface area contributed by atoms with Gasteiger partial charge in [-0.05, 0) is 43.2 Å². The third-order valence-electron chi connectivity index (χ3n) is 5.52. The van der Waals surface area contributed by atoms with Gasteiger partial charge in [0.25, 0.3) is 11.7 Å². The first kappa shape index (κ1) is 20.4. The molecule has 156 valence electrons. The van der Waals surface area contributed by atoms with Crippen LogP contribution >= 0.6 is 11.6 Å². The molecule has 2 aliphatic rings. The molecule has 2 aromatic carbocycles. The van der Waals surface area contributed by atoms with Crippen LogP contribution in [0, 0.1) is 0 Å². The van der Waals surface area contributed by atoms with Gasteiger partial charge in [0.05, 0.1) is 24.8 Å². The Morgan fingerprint density at radius 3 is 2.60 bits per heavy atom. The van der Waals surface area contributed by atoms with E-state index in [4.69, 9.17) is 21.1 Å². The SMILES string of the molecule is COc1ccccc1[C@H]1/C(=C(\O)c2ccc(Cl)cc2)C(=O)C(=O)N1C[C@H]1CCCO1. The Balaban J connectivity index is 1.86. The van der Waals surface area contributed by atoms with Gasteiger partial charge in [0, 0.05) is 29.3 Å². The van der Waals surface area contributed by atoms with Crippen LogP contribution in [-0.2, 0) is 14.3 Å². The zero-order valence-electron chi connectivity index (χ0n) is 16.5. The number of hydrogen-bond donors (Lipinski definition) is 1. The molecule has 2 aromatic rings. The lowest BCUT2D eigenvalue weighted by Crippen LogP contribution is -2.36. The molecule has 2 fully saturated rings. The summed E-state index contributed by atoms with van der Waals surface area (Å²) in [6.45, 7) is 0.906. The summed E-state index contributed by atoms with van der Waals surface area (Å²) in [4.78, 5) is 27.5. The van der Waals surface area contributed by atoms with E-state index in [9.17, 15) is 14.7 Å². The number of likely N-dealkylation sites (tertiary alicyclic amines) is 1. The molecule has 2 saturated heterocycles. The Morgan fingerprint density at radius 2 is 1.93 bits per heavy atom. The Bertz CT molecular complexity index is 995. The van der Waals surface area contributed by atoms with Gasteiger partial charge < -0.3 is 19.5 Å². The fourth-order valence-corrected chi connectivity index (χ4v) is 4.18. The summed E-state index contributed by atoms with van der Waals surface area (Å²) >= 11 is 5.95. The van der Waals surface area contributed by atoms with E-state index in [1.807, 2.05) is 12.1 Å². The molecular weight excluding hydrogens is 406 g/mol. The molecule has 2 aliphatic heterocycles. The maximum absolute atomic E-state index is 13.0. The second-order valence-electron chi connectivity index (χ2n) is 7.34. The number of carbonyl (C=O) groups is 2. The van der Waals surface area contributed by atoms with Crippen LogP contribution in [-0.4, -0.2) is 48.1 Å². The van der Waals surface area contributed by atoms with Crippen molar-refractivity contribution in [2.24, 2.45) is 0 Å². The average molecular weight is 428 g/mol. The zero-order chi connectivity index (χ0) is 21.3. The fraction of sp³-hybridized carbons (Fsp3) is 0.304. The van der Waals surface area contributed by atoms with E-state index >= 15 is 0 Å². The molecule has 0 aromatic heterocycles. The normalized spacial score (nSPS) is 23.2. The van der Waals surface area contributed by atoms with Gasteiger partial charge in [-0.3, -0.25) is 9.59 Å². The van der Waals surface area contributed by atoms with Crippen molar-refractivity contribution in [3.05, 3.63) is 70.3 Å². The van der Waals surface area contributed by atoms with Crippen molar-refractivity contribution in [3.8, 4) is 5.75 Å². The number of carbonyl (C=O) groups excluding carboxylic acids is 2. The highest BCUT2D eigenvalue weighted by atomic mass is 35.5. The highest BCUT2D eigenvalue weighted by molar-refractivity contribution is 6.46. The molecule has 0 bridgehead atoms. The summed E-state index contributed by atoms with van der Waals surface area (Å²) in [6.07, 6.45) is 1.59. The molecular formula is C23H22ClNO5. The first-order valence-electron chi connectivity index (χ1n) is 9.80. The number of Topliss-reactive ketones (excluding diaryl/α,β-unsaturated/α-hetero) is 1. The van der Waals surface area contributed by atoms with Crippen LogP contribution in [0.25, 0.3) is 5.76 Å². The van der Waals surface area contributed by atoms with E-state index in [0.717, 1.165) is 12.8 Å². The van der Waals surface area contributed by atoms with Crippen LogP contribution in [0.1, 0.15) is 30.0 Å². The average Bonchev–Trinajstić information content (AvgIpc) is 3.36. The molecule has 1 amide bonds. The molecule has 0 saturated carbocycles. The smallest absolute Gasteiger partial charge is 0.295 e. The molecule has 4 rings (SSSR count). The van der Waals surface area contributed by atoms with Crippen LogP contribution < -0.4 is 4.74 Å². The summed E-state index contributed by atoms with van der Waals surface area (Å²) in [5, 5.41) is 11.5. The minimum absolute atomic E-state index is 0.0322. The van der Waals surface area contributed by atoms with Crippen LogP contribution in [0.15, 0.2) is 54.1 Å². The van der Waals surface area contributed by atoms with E-state index in [0.29, 0.717) is 28.5 Å². The van der Waals surface area contributed by atoms with Gasteiger partial charge in [-0.25, -0.2) is 0 Å². The van der Waals surface area contributed by atoms with E-state index < -0.39 is 17.7 Å². The third kappa shape index (κ3) is 3.68. The van der Waals surface area contributed by atoms with E-state index in [-0.39, 0.29) is 24.0 Å². The highest BCUT2D eigenvalue weighted by Crippen LogP contribution is 2.43. The zero-order valence-corrected chi connectivity index (χ0v) is 17.3. The molecule has 0 radical (unpaired) electrons. The van der Waals surface area contributed by atoms with Gasteiger partial charge in [0.2, 0.25) is 0 Å². The van der Waals surface area contributed by atoms with Crippen molar-refractivity contribution in [2.45, 2.75) is 25.0 Å². The van der Waals surface area contributed by atoms with Crippen molar-refractivity contribution >= 4 is 29.1 Å². The molecule has 1 N–H and O–H groups in total. The van der Waals surface area contributed by atoms with E-state index in [2.05, 4.69) is 0 Å². The van der Waals surface area contributed by atoms with Crippen molar-refractivity contribution in [2.75, 3.05) is 20.3 Å². The number of para-hydroxylation sites is 1. The van der Waals surface area contributed by atoms with E-state index in [1.165, 1.54) is 12.0 Å². The van der Waals surface area contributed by atoms with E-state index in [1.54, 1.807) is 36.4 Å². The first-order valence-corrected chi connectivity index (χ1v) is 10.2. The van der Waals surface area contributed by atoms with Crippen molar-refractivity contribution in [1.82, 2.24) is 4.90 Å². The van der Waals surface area contributed by atoms with Crippen LogP contribution in [0.2, 0.25) is 5.02 Å². The Kier molecular flexibility index (Phi) is 5.79. The van der Waals surface area contributed by atoms with Crippen LogP contribution in [0.3, 0.4) is 0 Å². The summed E-state index contributed by atoms with van der Waals surface area (Å²) in [5.41, 5.74) is 1.08. The second kappa shape index (κ2) is 8.50. The summed E-state index contributed by atoms with van der Waals surface area (Å²) in [5.74, 6) is -1.09. The van der Waals surface area contributed by atoms with Gasteiger partial charge in [0.15, 0.2) is 0 Å². The summed E-state index contributed by atoms with van der Waals surface area (Å²) < 4.78 is 11.2. The highest BCUT2D eigenvalue weighted by Gasteiger charge is 2.47. The standard InChI is InChI=1S/C23H22ClNO5/c1-29-18-7-3-2-6-17(18)20-19(21(26)14-8-10-15(24)11-9-14)22(27)23(28)25(20)13-16-5-4-12-30-16/h2-3,6-11,16,20,26H,4-5,12-13H2,1H3/b21-19+/t16-,20+/m1/s1. The molecule has 0 aliphatic carbocycles. The number of aliphatic hydroxyl groups is 1. The third-order valence-corrected chi connectivity index (χ3v) is 5.77. The molecule has 7 heteroatoms. The molecule has 0 spiro atoms. The topological polar surface area (TPSA) is 76.1 Å². The minimum atomic E-state index is -0.777. The number of amides is 1. The number of benzene rings is 2. The number of hydrogen-bond acceptors (Lipinski definition) is 5. The lowest BCUT2D eigenvalue weighted by atomic mass is 9.94. The monoisotopic (exact) mass is 427 g/mol. The molecule has 2 atom stereocenters. The quantitative estimate of drug-likeness (QED) is 0.444. The number of ketones is 1. The number of aliphatic hydroxyl groups excluding tert-OH is 1. The Hall–Kier alpha value is -2.83. The predicted octanol–water partition coefficient (Wildman–Crippen LogP) is 3.95. The number of ether oxygens (including phenoxy) is 2. The number of nitrogens with zero attached hydrogens (tertiary/aromatic N) is 1. The first-order chi connectivity index (χ1) is 14.5. The lowest BCUT2D eigenvalue weighted by molar-refractivity contribution is -0.140. The Labute approximate surface area is 179 Å². The van der Waals surface area contributed by atoms with Gasteiger partial charge in [-0.2, -0.15) is 0 Å². The molecule has 6 nitrogen and oxygen atoms in total. The maximum atomic E-state index is 13.0. The second-order valence-corrected chi connectivity index (χ2v) is 7.77. The fourth-order valence-electron chi connectivity index (χ4n) is 4.05. The molecule has 2 heterocycles. The minimum Gasteiger partial charge on any atom is -0.507 e. The van der Waals surface area contributed by atoms with Crippen molar-refractivity contribution in [1.29, 1.82) is 0 Å². The van der Waals surface area contributed by atoms with Crippen LogP contribution in [0.4, 0.5) is 0 Å². The number of rotatable bonds is 5. The van der Waals surface area contributed by atoms with Crippen molar-refractivity contribution in [3.63, 3.8) is 0 Å². The lowest BCUT2D eigenvalue weighted by Gasteiger charge is -2.28. The molecule has 30 heavy (non-hydrogen) atoms. The Morgan fingerprint density at radius 1 is 1.20 bits per heavy atom. The largest absolute Gasteiger partial charge is 0.507 e. The number of methoxy groups -OCH3 is 1. The van der Waals surface area contributed by atoms with Gasteiger partial charge >= 0.3 is 0 Å². The maximum Gasteiger partial charge on any atom is 0.295 e. The summed E-state index contributed by atoms with van der Waals surface area (Å²) in [7, 11) is 1.53. The van der Waals surface area contributed by atoms with Gasteiger partial charge in [-0.15, -0.1) is 0 Å². The molecule has 0 unspecified atom stereocenters. The van der Waals surface area contributed by atoms with Gasteiger partial charge in [0.1, 0.15) is 11.5 Å².